The van der Waals surface area contributed by atoms with E-state index < -0.39 is 0 Å². The number of hydrogen-bond acceptors (Lipinski definition) is 3. The Morgan fingerprint density at radius 2 is 1.50 bits per heavy atom. The third kappa shape index (κ3) is 7.17. The molecule has 0 heterocycles. The van der Waals surface area contributed by atoms with Gasteiger partial charge in [0.1, 0.15) is 0 Å². The summed E-state index contributed by atoms with van der Waals surface area (Å²) in [7, 11) is 0. The molecular weight excluding hydrogens is 298 g/mol. The molecule has 22 heavy (non-hydrogen) atoms. The molecule has 0 aromatic heterocycles. The van der Waals surface area contributed by atoms with Gasteiger partial charge < -0.3 is 16.0 Å². The summed E-state index contributed by atoms with van der Waals surface area (Å²) >= 11 is 5.09. The van der Waals surface area contributed by atoms with Crippen LogP contribution in [-0.2, 0) is 9.59 Å². The number of thiocarbonyl (C=S) groups is 1. The lowest BCUT2D eigenvalue weighted by atomic mass is 10.2. The number of unbranched alkanes of at least 4 members (excludes halogenated alkanes) is 1. The highest BCUT2D eigenvalue weighted by molar-refractivity contribution is 7.80. The normalized spacial score (nSPS) is 9.91. The van der Waals surface area contributed by atoms with Crippen molar-refractivity contribution in [1.29, 1.82) is 0 Å². The smallest absolute Gasteiger partial charge is 0.226 e. The van der Waals surface area contributed by atoms with Crippen LogP contribution >= 0.6 is 12.2 Å². The largest absolute Gasteiger partial charge is 0.332 e. The second-order valence-corrected chi connectivity index (χ2v) is 5.39. The molecule has 0 atom stereocenters. The predicted molar refractivity (Wildman–Crippen MR) is 93.9 cm³/mol. The predicted octanol–water partition coefficient (Wildman–Crippen LogP) is 3.43. The van der Waals surface area contributed by atoms with Crippen LogP contribution in [-0.4, -0.2) is 16.9 Å². The molecule has 0 unspecified atom stereocenters. The lowest BCUT2D eigenvalue weighted by Crippen LogP contribution is -2.33. The number of hydrogen-bond donors (Lipinski definition) is 3. The van der Waals surface area contributed by atoms with Gasteiger partial charge >= 0.3 is 0 Å². The van der Waals surface area contributed by atoms with E-state index in [1.807, 2.05) is 13.8 Å². The van der Waals surface area contributed by atoms with Gasteiger partial charge in [-0.25, -0.2) is 0 Å². The molecule has 0 fully saturated rings. The van der Waals surface area contributed by atoms with E-state index in [0.717, 1.165) is 30.6 Å². The maximum atomic E-state index is 11.6. The van der Waals surface area contributed by atoms with Crippen molar-refractivity contribution in [1.82, 2.24) is 5.32 Å². The monoisotopic (exact) mass is 321 g/mol. The molecule has 0 spiro atoms. The number of carbonyl (C=O) groups is 2. The van der Waals surface area contributed by atoms with E-state index in [2.05, 4.69) is 16.0 Å². The first-order chi connectivity index (χ1) is 10.5. The minimum atomic E-state index is -0.0807. The molecular formula is C16H23N3O2S. The average Bonchev–Trinajstić information content (AvgIpc) is 2.47. The van der Waals surface area contributed by atoms with Gasteiger partial charge in [-0.15, -0.1) is 0 Å². The van der Waals surface area contributed by atoms with E-state index in [4.69, 9.17) is 12.2 Å². The highest BCUT2D eigenvalue weighted by Gasteiger charge is 2.05. The SMILES string of the molecule is CCCCC(=O)NC(=S)Nc1ccc(NC(=O)CCC)cc1. The molecule has 0 radical (unpaired) electrons. The van der Waals surface area contributed by atoms with Crippen LogP contribution in [0.25, 0.3) is 0 Å². The Morgan fingerprint density at radius 3 is 2.05 bits per heavy atom. The molecule has 0 aliphatic rings. The second-order valence-electron chi connectivity index (χ2n) is 4.98. The summed E-state index contributed by atoms with van der Waals surface area (Å²) in [5, 5.41) is 8.67. The molecule has 0 aliphatic carbocycles. The van der Waals surface area contributed by atoms with Crippen LogP contribution < -0.4 is 16.0 Å². The second kappa shape index (κ2) is 9.89. The summed E-state index contributed by atoms with van der Waals surface area (Å²) in [4.78, 5) is 23.0. The zero-order chi connectivity index (χ0) is 16.4. The summed E-state index contributed by atoms with van der Waals surface area (Å²) in [5.74, 6) is -0.0790. The van der Waals surface area contributed by atoms with Gasteiger partial charge in [-0.2, -0.15) is 0 Å². The highest BCUT2D eigenvalue weighted by Crippen LogP contribution is 2.14. The summed E-state index contributed by atoms with van der Waals surface area (Å²) in [6.45, 7) is 3.99. The first-order valence-electron chi connectivity index (χ1n) is 7.56. The zero-order valence-electron chi connectivity index (χ0n) is 13.1. The third-order valence-corrected chi connectivity index (χ3v) is 3.12. The van der Waals surface area contributed by atoms with E-state index in [9.17, 15) is 9.59 Å². The Hall–Kier alpha value is -1.95. The van der Waals surface area contributed by atoms with Crippen molar-refractivity contribution in [2.24, 2.45) is 0 Å². The Kier molecular flexibility index (Phi) is 8.14. The number of rotatable bonds is 7. The van der Waals surface area contributed by atoms with Crippen molar-refractivity contribution in [3.05, 3.63) is 24.3 Å². The number of nitrogens with one attached hydrogen (secondary N) is 3. The van der Waals surface area contributed by atoms with Crippen LogP contribution in [0.2, 0.25) is 0 Å². The zero-order valence-corrected chi connectivity index (χ0v) is 13.9. The van der Waals surface area contributed by atoms with E-state index in [1.165, 1.54) is 0 Å². The van der Waals surface area contributed by atoms with Crippen molar-refractivity contribution < 1.29 is 9.59 Å². The summed E-state index contributed by atoms with van der Waals surface area (Å²) in [6.07, 6.45) is 3.62. The van der Waals surface area contributed by atoms with Gasteiger partial charge in [-0.1, -0.05) is 20.3 Å². The fourth-order valence-corrected chi connectivity index (χ4v) is 2.01. The lowest BCUT2D eigenvalue weighted by molar-refractivity contribution is -0.119. The number of anilines is 2. The van der Waals surface area contributed by atoms with Gasteiger partial charge in [0.25, 0.3) is 0 Å². The highest BCUT2D eigenvalue weighted by atomic mass is 32.1. The minimum Gasteiger partial charge on any atom is -0.332 e. The van der Waals surface area contributed by atoms with Crippen molar-refractivity contribution in [3.63, 3.8) is 0 Å². The topological polar surface area (TPSA) is 70.2 Å². The fourth-order valence-electron chi connectivity index (χ4n) is 1.78. The van der Waals surface area contributed by atoms with Crippen LogP contribution in [0, 0.1) is 0 Å². The van der Waals surface area contributed by atoms with Crippen molar-refractivity contribution in [2.45, 2.75) is 46.0 Å². The summed E-state index contributed by atoms with van der Waals surface area (Å²) in [6, 6.07) is 7.17. The van der Waals surface area contributed by atoms with Gasteiger partial charge in [0, 0.05) is 24.2 Å². The van der Waals surface area contributed by atoms with Crippen LogP contribution in [0.3, 0.4) is 0 Å². The Bertz CT molecular complexity index is 515. The van der Waals surface area contributed by atoms with Crippen molar-refractivity contribution >= 4 is 40.5 Å². The number of benzene rings is 1. The van der Waals surface area contributed by atoms with Gasteiger partial charge in [0.2, 0.25) is 11.8 Å². The van der Waals surface area contributed by atoms with E-state index in [0.29, 0.717) is 12.8 Å². The lowest BCUT2D eigenvalue weighted by Gasteiger charge is -2.10. The summed E-state index contributed by atoms with van der Waals surface area (Å²) in [5.41, 5.74) is 1.50. The third-order valence-electron chi connectivity index (χ3n) is 2.91. The van der Waals surface area contributed by atoms with Gasteiger partial charge in [0.15, 0.2) is 5.11 Å². The molecule has 2 amide bonds. The van der Waals surface area contributed by atoms with Gasteiger partial charge in [-0.3, -0.25) is 9.59 Å². The van der Waals surface area contributed by atoms with Crippen molar-refractivity contribution in [2.75, 3.05) is 10.6 Å². The van der Waals surface area contributed by atoms with Crippen molar-refractivity contribution in [3.8, 4) is 0 Å². The van der Waals surface area contributed by atoms with Gasteiger partial charge in [0.05, 0.1) is 0 Å². The molecule has 0 bridgehead atoms. The van der Waals surface area contributed by atoms with E-state index in [1.54, 1.807) is 24.3 Å². The first kappa shape index (κ1) is 18.1. The van der Waals surface area contributed by atoms with Gasteiger partial charge in [-0.05, 0) is 49.3 Å². The molecule has 6 heteroatoms. The quantitative estimate of drug-likeness (QED) is 0.673. The fraction of sp³-hybridized carbons (Fsp3) is 0.438. The maximum absolute atomic E-state index is 11.6. The molecule has 0 saturated carbocycles. The van der Waals surface area contributed by atoms with E-state index >= 15 is 0 Å². The van der Waals surface area contributed by atoms with Crippen LogP contribution in [0.1, 0.15) is 46.0 Å². The van der Waals surface area contributed by atoms with Crippen LogP contribution in [0.15, 0.2) is 24.3 Å². The Balaban J connectivity index is 2.45. The van der Waals surface area contributed by atoms with Crippen LogP contribution in [0.5, 0.6) is 0 Å². The Labute approximate surface area is 136 Å². The standard InChI is InChI=1S/C16H23N3O2S/c1-3-5-7-15(21)19-16(22)18-13-10-8-12(9-11-13)17-14(20)6-4-2/h8-11H,3-7H2,1-2H3,(H,17,20)(H2,18,19,21,22). The maximum Gasteiger partial charge on any atom is 0.226 e. The number of amides is 2. The molecule has 0 saturated heterocycles. The summed E-state index contributed by atoms with van der Waals surface area (Å²) < 4.78 is 0. The molecule has 1 aromatic carbocycles. The molecule has 120 valence electrons. The first-order valence-corrected chi connectivity index (χ1v) is 7.96. The molecule has 0 aliphatic heterocycles. The minimum absolute atomic E-state index is 0.00178. The molecule has 5 nitrogen and oxygen atoms in total. The molecule has 1 rings (SSSR count). The Morgan fingerprint density at radius 1 is 0.909 bits per heavy atom. The number of carbonyl (C=O) groups excluding carboxylic acids is 2. The van der Waals surface area contributed by atoms with E-state index in [-0.39, 0.29) is 16.9 Å². The average molecular weight is 321 g/mol. The molecule has 3 N–H and O–H groups in total. The van der Waals surface area contributed by atoms with Crippen LogP contribution in [0.4, 0.5) is 11.4 Å². The molecule has 1 aromatic rings.